The lowest BCUT2D eigenvalue weighted by Gasteiger charge is -2.46. The fourth-order valence-corrected chi connectivity index (χ4v) is 3.39. The molecule has 4 heteroatoms. The van der Waals surface area contributed by atoms with Crippen molar-refractivity contribution in [3.63, 3.8) is 0 Å². The van der Waals surface area contributed by atoms with Crippen LogP contribution in [-0.2, 0) is 0 Å². The zero-order valence-corrected chi connectivity index (χ0v) is 11.7. The standard InChI is InChI=1S/C15H22N2O2/c1-17-7-3-6-15(10-17)9-13(16)12-8-11(18-2)4-5-14(12)19-15/h4-5,8,13H,3,6-7,9-10,16H2,1-2H3/t13-,15?/m1/s1. The number of ether oxygens (including phenoxy) is 2. The molecule has 1 unspecified atom stereocenters. The van der Waals surface area contributed by atoms with Crippen LogP contribution in [0.1, 0.15) is 30.9 Å². The first-order valence-corrected chi connectivity index (χ1v) is 6.93. The number of methoxy groups -OCH3 is 1. The molecule has 2 heterocycles. The molecule has 2 N–H and O–H groups in total. The van der Waals surface area contributed by atoms with Gasteiger partial charge in [-0.1, -0.05) is 0 Å². The van der Waals surface area contributed by atoms with E-state index in [2.05, 4.69) is 11.9 Å². The highest BCUT2D eigenvalue weighted by Gasteiger charge is 2.42. The lowest BCUT2D eigenvalue weighted by molar-refractivity contribution is -0.0234. The summed E-state index contributed by atoms with van der Waals surface area (Å²) in [4.78, 5) is 2.34. The van der Waals surface area contributed by atoms with Gasteiger partial charge in [0.05, 0.1) is 7.11 Å². The fraction of sp³-hybridized carbons (Fsp3) is 0.600. The largest absolute Gasteiger partial charge is 0.497 e. The maximum Gasteiger partial charge on any atom is 0.125 e. The van der Waals surface area contributed by atoms with Crippen molar-refractivity contribution in [3.8, 4) is 11.5 Å². The summed E-state index contributed by atoms with van der Waals surface area (Å²) in [6.07, 6.45) is 3.16. The topological polar surface area (TPSA) is 47.7 Å². The molecule has 0 saturated carbocycles. The Hall–Kier alpha value is -1.26. The number of nitrogens with zero attached hydrogens (tertiary/aromatic N) is 1. The number of piperidine rings is 1. The van der Waals surface area contributed by atoms with Gasteiger partial charge in [-0.05, 0) is 44.6 Å². The summed E-state index contributed by atoms with van der Waals surface area (Å²) in [5.74, 6) is 1.77. The van der Waals surface area contributed by atoms with Gasteiger partial charge in [-0.15, -0.1) is 0 Å². The normalized spacial score (nSPS) is 30.8. The van der Waals surface area contributed by atoms with Crippen molar-refractivity contribution in [3.05, 3.63) is 23.8 Å². The third-order valence-electron chi connectivity index (χ3n) is 4.27. The molecule has 0 amide bonds. The molecule has 2 aliphatic rings. The SMILES string of the molecule is COc1ccc2c(c1)[C@H](N)CC1(CCCN(C)C1)O2. The number of hydrogen-bond acceptors (Lipinski definition) is 4. The molecule has 2 aliphatic heterocycles. The van der Waals surface area contributed by atoms with Crippen LogP contribution in [0.2, 0.25) is 0 Å². The Labute approximate surface area is 114 Å². The first-order chi connectivity index (χ1) is 9.12. The summed E-state index contributed by atoms with van der Waals surface area (Å²) >= 11 is 0. The molecule has 1 aromatic rings. The molecule has 0 aliphatic carbocycles. The predicted molar refractivity (Wildman–Crippen MR) is 74.6 cm³/mol. The van der Waals surface area contributed by atoms with E-state index in [0.717, 1.165) is 43.0 Å². The van der Waals surface area contributed by atoms with Crippen molar-refractivity contribution in [1.82, 2.24) is 4.90 Å². The number of likely N-dealkylation sites (N-methyl/N-ethyl adjacent to an activating group) is 1. The highest BCUT2D eigenvalue weighted by molar-refractivity contribution is 5.44. The van der Waals surface area contributed by atoms with Gasteiger partial charge in [0.1, 0.15) is 17.1 Å². The van der Waals surface area contributed by atoms with Crippen LogP contribution in [0.5, 0.6) is 11.5 Å². The van der Waals surface area contributed by atoms with Gasteiger partial charge < -0.3 is 20.1 Å². The Kier molecular flexibility index (Phi) is 3.15. The molecule has 1 saturated heterocycles. The zero-order chi connectivity index (χ0) is 13.5. The Morgan fingerprint density at radius 3 is 3.05 bits per heavy atom. The highest BCUT2D eigenvalue weighted by Crippen LogP contribution is 2.43. The average Bonchev–Trinajstić information content (AvgIpc) is 2.38. The lowest BCUT2D eigenvalue weighted by Crippen LogP contribution is -2.53. The summed E-state index contributed by atoms with van der Waals surface area (Å²) < 4.78 is 11.6. The second kappa shape index (κ2) is 4.69. The van der Waals surface area contributed by atoms with Crippen molar-refractivity contribution < 1.29 is 9.47 Å². The summed E-state index contributed by atoms with van der Waals surface area (Å²) in [5, 5.41) is 0. The second-order valence-electron chi connectivity index (χ2n) is 5.84. The number of hydrogen-bond donors (Lipinski definition) is 1. The van der Waals surface area contributed by atoms with Gasteiger partial charge in [0.25, 0.3) is 0 Å². The van der Waals surface area contributed by atoms with Gasteiger partial charge in [-0.25, -0.2) is 0 Å². The van der Waals surface area contributed by atoms with E-state index in [0.29, 0.717) is 0 Å². The van der Waals surface area contributed by atoms with Gasteiger partial charge in [0, 0.05) is 24.6 Å². The third kappa shape index (κ3) is 2.30. The molecule has 19 heavy (non-hydrogen) atoms. The van der Waals surface area contributed by atoms with Crippen LogP contribution in [0.4, 0.5) is 0 Å². The van der Waals surface area contributed by atoms with Crippen LogP contribution >= 0.6 is 0 Å². The number of nitrogens with two attached hydrogens (primary N) is 1. The Bertz CT molecular complexity index is 477. The zero-order valence-electron chi connectivity index (χ0n) is 11.7. The van der Waals surface area contributed by atoms with Crippen LogP contribution in [0.3, 0.4) is 0 Å². The van der Waals surface area contributed by atoms with Gasteiger partial charge >= 0.3 is 0 Å². The molecule has 4 nitrogen and oxygen atoms in total. The maximum atomic E-state index is 6.37. The van der Waals surface area contributed by atoms with E-state index in [-0.39, 0.29) is 11.6 Å². The first kappa shape index (κ1) is 12.8. The molecule has 0 aromatic heterocycles. The molecular weight excluding hydrogens is 240 g/mol. The van der Waals surface area contributed by atoms with E-state index >= 15 is 0 Å². The molecule has 2 atom stereocenters. The highest BCUT2D eigenvalue weighted by atomic mass is 16.5. The maximum absolute atomic E-state index is 6.37. The fourth-order valence-electron chi connectivity index (χ4n) is 3.39. The van der Waals surface area contributed by atoms with E-state index in [4.69, 9.17) is 15.2 Å². The lowest BCUT2D eigenvalue weighted by atomic mass is 9.82. The Morgan fingerprint density at radius 1 is 1.47 bits per heavy atom. The Morgan fingerprint density at radius 2 is 2.32 bits per heavy atom. The number of fused-ring (bicyclic) bond motifs is 1. The number of likely N-dealkylation sites (tertiary alicyclic amines) is 1. The summed E-state index contributed by atoms with van der Waals surface area (Å²) in [6, 6.07) is 5.96. The van der Waals surface area contributed by atoms with Crippen molar-refractivity contribution in [2.45, 2.75) is 30.9 Å². The van der Waals surface area contributed by atoms with Crippen LogP contribution in [-0.4, -0.2) is 37.7 Å². The van der Waals surface area contributed by atoms with E-state index in [9.17, 15) is 0 Å². The molecule has 1 fully saturated rings. The quantitative estimate of drug-likeness (QED) is 0.840. The molecule has 1 aromatic carbocycles. The van der Waals surface area contributed by atoms with E-state index in [1.54, 1.807) is 7.11 Å². The second-order valence-corrected chi connectivity index (χ2v) is 5.84. The third-order valence-corrected chi connectivity index (χ3v) is 4.27. The Balaban J connectivity index is 1.91. The molecule has 3 rings (SSSR count). The van der Waals surface area contributed by atoms with Crippen molar-refractivity contribution in [2.75, 3.05) is 27.2 Å². The van der Waals surface area contributed by atoms with Crippen molar-refractivity contribution in [1.29, 1.82) is 0 Å². The van der Waals surface area contributed by atoms with Crippen LogP contribution in [0.25, 0.3) is 0 Å². The minimum atomic E-state index is -0.103. The molecule has 1 spiro atoms. The summed E-state index contributed by atoms with van der Waals surface area (Å²) in [5.41, 5.74) is 7.33. The predicted octanol–water partition coefficient (Wildman–Crippen LogP) is 1.94. The number of rotatable bonds is 1. The van der Waals surface area contributed by atoms with Crippen molar-refractivity contribution >= 4 is 0 Å². The van der Waals surface area contributed by atoms with E-state index in [1.165, 1.54) is 6.42 Å². The van der Waals surface area contributed by atoms with E-state index in [1.807, 2.05) is 18.2 Å². The summed E-state index contributed by atoms with van der Waals surface area (Å²) in [6.45, 7) is 2.11. The smallest absolute Gasteiger partial charge is 0.125 e. The van der Waals surface area contributed by atoms with Crippen molar-refractivity contribution in [2.24, 2.45) is 5.73 Å². The molecule has 104 valence electrons. The van der Waals surface area contributed by atoms with Crippen LogP contribution < -0.4 is 15.2 Å². The summed E-state index contributed by atoms with van der Waals surface area (Å²) in [7, 11) is 3.83. The van der Waals surface area contributed by atoms with E-state index < -0.39 is 0 Å². The van der Waals surface area contributed by atoms with Gasteiger partial charge in [-0.2, -0.15) is 0 Å². The molecule has 0 bridgehead atoms. The van der Waals surface area contributed by atoms with Gasteiger partial charge in [0.15, 0.2) is 0 Å². The monoisotopic (exact) mass is 262 g/mol. The average molecular weight is 262 g/mol. The van der Waals surface area contributed by atoms with Gasteiger partial charge in [-0.3, -0.25) is 0 Å². The minimum Gasteiger partial charge on any atom is -0.497 e. The van der Waals surface area contributed by atoms with Crippen LogP contribution in [0.15, 0.2) is 18.2 Å². The molecule has 0 radical (unpaired) electrons. The first-order valence-electron chi connectivity index (χ1n) is 6.93. The van der Waals surface area contributed by atoms with Gasteiger partial charge in [0.2, 0.25) is 0 Å². The number of benzene rings is 1. The molecular formula is C15H22N2O2. The minimum absolute atomic E-state index is 0.0327. The van der Waals surface area contributed by atoms with Crippen LogP contribution in [0, 0.1) is 0 Å².